The van der Waals surface area contributed by atoms with Crippen molar-refractivity contribution in [2.45, 2.75) is 31.5 Å². The molecule has 10 nitrogen and oxygen atoms in total. The second kappa shape index (κ2) is 8.35. The molecule has 11 heteroatoms. The first-order valence-electron chi connectivity index (χ1n) is 11.4. The maximum Gasteiger partial charge on any atom is 0.415 e. The van der Waals surface area contributed by atoms with Gasteiger partial charge in [0.25, 0.3) is 11.5 Å². The number of nitrogens with one attached hydrogen (secondary N) is 2. The van der Waals surface area contributed by atoms with Crippen molar-refractivity contribution in [3.8, 4) is 5.75 Å². The fourth-order valence-corrected chi connectivity index (χ4v) is 4.92. The molecule has 2 N–H and O–H groups in total. The molecule has 180 valence electrons. The summed E-state index contributed by atoms with van der Waals surface area (Å²) in [6, 6.07) is 9.36. The molecule has 1 aromatic carbocycles. The van der Waals surface area contributed by atoms with Crippen molar-refractivity contribution >= 4 is 34.5 Å². The maximum absolute atomic E-state index is 14.6. The Labute approximate surface area is 198 Å². The van der Waals surface area contributed by atoms with Gasteiger partial charge in [-0.15, -0.1) is 0 Å². The molecule has 1 fully saturated rings. The van der Waals surface area contributed by atoms with Crippen LogP contribution in [-0.4, -0.2) is 47.4 Å². The number of fused-ring (bicyclic) bond motifs is 1. The van der Waals surface area contributed by atoms with Gasteiger partial charge in [-0.1, -0.05) is 0 Å². The number of nitrogens with zero attached hydrogens (tertiary/aromatic N) is 3. The molecular weight excluding hydrogens is 457 g/mol. The van der Waals surface area contributed by atoms with Crippen molar-refractivity contribution in [2.24, 2.45) is 0 Å². The lowest BCUT2D eigenvalue weighted by molar-refractivity contribution is -0.118. The highest BCUT2D eigenvalue weighted by Crippen LogP contribution is 2.33. The van der Waals surface area contributed by atoms with E-state index in [0.717, 1.165) is 5.39 Å². The lowest BCUT2D eigenvalue weighted by Crippen LogP contribution is -2.29. The van der Waals surface area contributed by atoms with E-state index in [4.69, 9.17) is 9.47 Å². The average molecular weight is 479 g/mol. The van der Waals surface area contributed by atoms with Gasteiger partial charge in [-0.25, -0.2) is 14.2 Å². The Morgan fingerprint density at radius 3 is 2.86 bits per heavy atom. The molecule has 2 aromatic heterocycles. The number of amides is 2. The van der Waals surface area contributed by atoms with E-state index < -0.39 is 6.09 Å². The molecule has 1 saturated heterocycles. The van der Waals surface area contributed by atoms with E-state index >= 15 is 0 Å². The largest absolute Gasteiger partial charge is 0.480 e. The first-order valence-corrected chi connectivity index (χ1v) is 11.4. The minimum absolute atomic E-state index is 0.0681. The maximum atomic E-state index is 14.6. The van der Waals surface area contributed by atoms with Crippen LogP contribution in [0.3, 0.4) is 0 Å². The zero-order valence-electron chi connectivity index (χ0n) is 18.6. The van der Waals surface area contributed by atoms with Crippen LogP contribution in [0.5, 0.6) is 5.75 Å². The highest BCUT2D eigenvalue weighted by molar-refractivity contribution is 5.95. The van der Waals surface area contributed by atoms with Gasteiger partial charge in [0.15, 0.2) is 18.2 Å². The second-order valence-corrected chi connectivity index (χ2v) is 8.80. The van der Waals surface area contributed by atoms with Crippen molar-refractivity contribution in [1.29, 1.82) is 0 Å². The van der Waals surface area contributed by atoms with Crippen LogP contribution in [0, 0.1) is 5.82 Å². The van der Waals surface area contributed by atoms with Gasteiger partial charge in [-0.05, 0) is 55.1 Å². The molecule has 0 radical (unpaired) electrons. The molecule has 0 saturated carbocycles. The Morgan fingerprint density at radius 2 is 1.97 bits per heavy atom. The Balaban J connectivity index is 1.06. The Bertz CT molecular complexity index is 1420. The smallest absolute Gasteiger partial charge is 0.415 e. The monoisotopic (exact) mass is 479 g/mol. The van der Waals surface area contributed by atoms with Crippen LogP contribution in [0.4, 0.5) is 20.8 Å². The Kier molecular flexibility index (Phi) is 5.14. The topological polar surface area (TPSA) is 115 Å². The predicted molar refractivity (Wildman–Crippen MR) is 124 cm³/mol. The lowest BCUT2D eigenvalue weighted by Gasteiger charge is -2.19. The van der Waals surface area contributed by atoms with Crippen LogP contribution < -0.4 is 25.8 Å². The number of ether oxygens (including phenoxy) is 2. The summed E-state index contributed by atoms with van der Waals surface area (Å²) in [6.45, 7) is 1.21. The minimum atomic E-state index is -0.502. The number of pyridine rings is 2. The van der Waals surface area contributed by atoms with Crippen molar-refractivity contribution in [2.75, 3.05) is 29.9 Å². The van der Waals surface area contributed by atoms with Crippen molar-refractivity contribution in [3.63, 3.8) is 0 Å². The third-order valence-corrected chi connectivity index (χ3v) is 6.55. The van der Waals surface area contributed by atoms with Gasteiger partial charge >= 0.3 is 6.09 Å². The number of cyclic esters (lactones) is 1. The van der Waals surface area contributed by atoms with Gasteiger partial charge < -0.3 is 24.7 Å². The summed E-state index contributed by atoms with van der Waals surface area (Å²) in [7, 11) is 0. The fraction of sp³-hybridized carbons (Fsp3) is 0.333. The highest BCUT2D eigenvalue weighted by atomic mass is 19.1. The third kappa shape index (κ3) is 3.77. The molecule has 0 spiro atoms. The van der Waals surface area contributed by atoms with Crippen LogP contribution in [0.25, 0.3) is 10.9 Å². The number of rotatable bonds is 6. The molecule has 2 atom stereocenters. The first kappa shape index (κ1) is 21.5. The predicted octanol–water partition coefficient (Wildman–Crippen LogP) is 2.32. The molecule has 0 aliphatic carbocycles. The van der Waals surface area contributed by atoms with Gasteiger partial charge in [-0.2, -0.15) is 0 Å². The van der Waals surface area contributed by atoms with Gasteiger partial charge in [0.05, 0.1) is 18.1 Å². The van der Waals surface area contributed by atoms with E-state index in [-0.39, 0.29) is 41.9 Å². The standard InChI is InChI=1S/C24H22FN5O5/c25-15-5-3-13-4-8-20(32)30-11-16(21(15)22(13)30)26-9-1-2-14-10-29(24(33)35-14)18-7-6-17-23(27-18)28-19(31)12-34-17/h3-8,14,16,26H,1-2,9-12H2,(H,27,28,31)/t14-,16-/m0/s1. The van der Waals surface area contributed by atoms with E-state index in [1.165, 1.54) is 17.0 Å². The van der Waals surface area contributed by atoms with Crippen molar-refractivity contribution in [1.82, 2.24) is 14.9 Å². The Morgan fingerprint density at radius 1 is 1.11 bits per heavy atom. The van der Waals surface area contributed by atoms with Gasteiger partial charge in [-0.3, -0.25) is 14.5 Å². The SMILES string of the molecule is O=C1COc2ccc(N3C[C@H](CCCN[C@H]4Cn5c(=O)ccc6ccc(F)c4c65)OC3=O)nc2N1. The molecule has 0 unspecified atom stereocenters. The molecule has 2 amide bonds. The summed E-state index contributed by atoms with van der Waals surface area (Å²) >= 11 is 0. The zero-order chi connectivity index (χ0) is 24.1. The van der Waals surface area contributed by atoms with Crippen LogP contribution in [0.2, 0.25) is 0 Å². The van der Waals surface area contributed by atoms with Crippen molar-refractivity contribution in [3.05, 3.63) is 58.1 Å². The van der Waals surface area contributed by atoms with Crippen LogP contribution in [0.15, 0.2) is 41.2 Å². The number of carbonyl (C=O) groups excluding carboxylic acids is 2. The molecule has 35 heavy (non-hydrogen) atoms. The molecule has 0 bridgehead atoms. The fourth-order valence-electron chi connectivity index (χ4n) is 4.92. The molecule has 3 aliphatic heterocycles. The number of hydrogen-bond donors (Lipinski definition) is 2. The average Bonchev–Trinajstić information content (AvgIpc) is 3.42. The van der Waals surface area contributed by atoms with Gasteiger partial charge in [0.1, 0.15) is 17.7 Å². The van der Waals surface area contributed by atoms with Gasteiger partial charge in [0, 0.05) is 18.2 Å². The summed E-state index contributed by atoms with van der Waals surface area (Å²) in [6.07, 6.45) is 0.466. The summed E-state index contributed by atoms with van der Waals surface area (Å²) in [5, 5.41) is 6.82. The quantitative estimate of drug-likeness (QED) is 0.522. The number of halogens is 1. The third-order valence-electron chi connectivity index (χ3n) is 6.55. The molecule has 5 heterocycles. The summed E-state index contributed by atoms with van der Waals surface area (Å²) in [4.78, 5) is 42.0. The van der Waals surface area contributed by atoms with Crippen LogP contribution >= 0.6 is 0 Å². The van der Waals surface area contributed by atoms with Crippen molar-refractivity contribution < 1.29 is 23.5 Å². The van der Waals surface area contributed by atoms with E-state index in [2.05, 4.69) is 15.6 Å². The number of anilines is 2. The lowest BCUT2D eigenvalue weighted by atomic mass is 10.1. The second-order valence-electron chi connectivity index (χ2n) is 8.80. The zero-order valence-corrected chi connectivity index (χ0v) is 18.6. The summed E-state index contributed by atoms with van der Waals surface area (Å²) in [5.41, 5.74) is 1.02. The number of hydrogen-bond acceptors (Lipinski definition) is 7. The number of carbonyl (C=O) groups is 2. The molecular formula is C24H22FN5O5. The van der Waals surface area contributed by atoms with E-state index in [9.17, 15) is 18.8 Å². The molecule has 6 rings (SSSR count). The first-order chi connectivity index (χ1) is 17.0. The molecule has 3 aliphatic rings. The minimum Gasteiger partial charge on any atom is -0.480 e. The summed E-state index contributed by atoms with van der Waals surface area (Å²) in [5.74, 6) is 0.470. The number of benzene rings is 1. The Hall–Kier alpha value is -3.99. The van der Waals surface area contributed by atoms with Crippen LogP contribution in [-0.2, 0) is 16.1 Å². The molecule has 3 aromatic rings. The number of aromatic nitrogens is 2. The van der Waals surface area contributed by atoms with E-state index in [1.54, 1.807) is 28.8 Å². The summed E-state index contributed by atoms with van der Waals surface area (Å²) < 4.78 is 27.0. The van der Waals surface area contributed by atoms with E-state index in [0.29, 0.717) is 55.1 Å². The highest BCUT2D eigenvalue weighted by Gasteiger charge is 2.34. The normalized spacial score (nSPS) is 20.5. The van der Waals surface area contributed by atoms with E-state index in [1.807, 2.05) is 0 Å². The van der Waals surface area contributed by atoms with Crippen LogP contribution in [0.1, 0.15) is 24.4 Å². The van der Waals surface area contributed by atoms with Gasteiger partial charge in [0.2, 0.25) is 0 Å².